The molecule has 21 heavy (non-hydrogen) atoms. The van der Waals surface area contributed by atoms with Gasteiger partial charge in [0.05, 0.1) is 12.3 Å². The molecule has 0 spiro atoms. The third-order valence-corrected chi connectivity index (χ3v) is 3.78. The summed E-state index contributed by atoms with van der Waals surface area (Å²) in [6.45, 7) is 4.19. The van der Waals surface area contributed by atoms with Crippen LogP contribution in [0.15, 0.2) is 24.3 Å². The van der Waals surface area contributed by atoms with Crippen molar-refractivity contribution in [2.45, 2.75) is 26.2 Å². The maximum Gasteiger partial charge on any atom is 0.307 e. The summed E-state index contributed by atoms with van der Waals surface area (Å²) < 4.78 is 5.67. The van der Waals surface area contributed by atoms with E-state index in [0.717, 1.165) is 22.7 Å². The molecule has 1 unspecified atom stereocenters. The van der Waals surface area contributed by atoms with Gasteiger partial charge < -0.3 is 9.84 Å². The van der Waals surface area contributed by atoms with E-state index < -0.39 is 5.97 Å². The molecular formula is C16H16N2O3. The number of aromatic nitrogens is 2. The number of fused-ring (bicyclic) bond motifs is 1. The molecule has 1 atom stereocenters. The first-order valence-corrected chi connectivity index (χ1v) is 6.84. The SMILES string of the molecule is Cc1nc(C2COc3ccccc32)nc(C)c1CC(=O)O. The van der Waals surface area contributed by atoms with E-state index in [1.807, 2.05) is 38.1 Å². The Labute approximate surface area is 122 Å². The second-order valence-corrected chi connectivity index (χ2v) is 5.20. The number of nitrogens with zero attached hydrogens (tertiary/aromatic N) is 2. The van der Waals surface area contributed by atoms with Crippen LogP contribution in [0.5, 0.6) is 5.75 Å². The zero-order valence-electron chi connectivity index (χ0n) is 12.0. The van der Waals surface area contributed by atoms with Crippen LogP contribution >= 0.6 is 0 Å². The molecule has 1 aliphatic rings. The molecule has 1 N–H and O–H groups in total. The number of rotatable bonds is 3. The van der Waals surface area contributed by atoms with Crippen LogP contribution < -0.4 is 4.74 Å². The van der Waals surface area contributed by atoms with E-state index >= 15 is 0 Å². The minimum absolute atomic E-state index is 0.0116. The normalized spacial score (nSPS) is 16.4. The van der Waals surface area contributed by atoms with Gasteiger partial charge in [0.15, 0.2) is 0 Å². The lowest BCUT2D eigenvalue weighted by atomic mass is 9.99. The minimum Gasteiger partial charge on any atom is -0.492 e. The standard InChI is InChI=1S/C16H16N2O3/c1-9-12(7-15(19)20)10(2)18-16(17-9)13-8-21-14-6-4-3-5-11(13)14/h3-6,13H,7-8H2,1-2H3,(H,19,20). The molecule has 0 saturated carbocycles. The Hall–Kier alpha value is -2.43. The van der Waals surface area contributed by atoms with Crippen molar-refractivity contribution in [3.05, 3.63) is 52.6 Å². The number of ether oxygens (including phenoxy) is 1. The minimum atomic E-state index is -0.868. The number of aryl methyl sites for hydroxylation is 2. The summed E-state index contributed by atoms with van der Waals surface area (Å²) in [5, 5.41) is 8.95. The smallest absolute Gasteiger partial charge is 0.307 e. The van der Waals surface area contributed by atoms with Crippen molar-refractivity contribution in [3.8, 4) is 5.75 Å². The predicted octanol–water partition coefficient (Wildman–Crippen LogP) is 2.24. The van der Waals surface area contributed by atoms with Gasteiger partial charge in [-0.1, -0.05) is 18.2 Å². The highest BCUT2D eigenvalue weighted by atomic mass is 16.5. The average Bonchev–Trinajstić information content (AvgIpc) is 2.86. The maximum absolute atomic E-state index is 10.9. The monoisotopic (exact) mass is 284 g/mol. The van der Waals surface area contributed by atoms with Crippen LogP contribution in [0, 0.1) is 13.8 Å². The van der Waals surface area contributed by atoms with Gasteiger partial charge in [0.2, 0.25) is 0 Å². The third kappa shape index (κ3) is 2.46. The van der Waals surface area contributed by atoms with Gasteiger partial charge in [-0.15, -0.1) is 0 Å². The highest BCUT2D eigenvalue weighted by Crippen LogP contribution is 2.36. The lowest BCUT2D eigenvalue weighted by Gasteiger charge is -2.13. The Balaban J connectivity index is 2.00. The number of hydrogen-bond acceptors (Lipinski definition) is 4. The van der Waals surface area contributed by atoms with E-state index in [4.69, 9.17) is 9.84 Å². The molecule has 5 heteroatoms. The lowest BCUT2D eigenvalue weighted by molar-refractivity contribution is -0.136. The molecule has 1 aliphatic heterocycles. The Morgan fingerprint density at radius 3 is 2.62 bits per heavy atom. The van der Waals surface area contributed by atoms with Crippen molar-refractivity contribution in [3.63, 3.8) is 0 Å². The molecule has 0 radical (unpaired) electrons. The topological polar surface area (TPSA) is 72.3 Å². The fraction of sp³-hybridized carbons (Fsp3) is 0.312. The summed E-state index contributed by atoms with van der Waals surface area (Å²) in [4.78, 5) is 19.9. The van der Waals surface area contributed by atoms with E-state index in [9.17, 15) is 4.79 Å². The molecule has 5 nitrogen and oxygen atoms in total. The quantitative estimate of drug-likeness (QED) is 0.935. The predicted molar refractivity (Wildman–Crippen MR) is 76.6 cm³/mol. The molecule has 2 aromatic rings. The molecular weight excluding hydrogens is 268 g/mol. The molecule has 0 aliphatic carbocycles. The van der Waals surface area contributed by atoms with Gasteiger partial charge in [0.1, 0.15) is 18.2 Å². The highest BCUT2D eigenvalue weighted by Gasteiger charge is 2.28. The van der Waals surface area contributed by atoms with E-state index in [-0.39, 0.29) is 12.3 Å². The van der Waals surface area contributed by atoms with E-state index in [1.54, 1.807) is 0 Å². The lowest BCUT2D eigenvalue weighted by Crippen LogP contribution is -2.14. The summed E-state index contributed by atoms with van der Waals surface area (Å²) in [5.41, 5.74) is 3.23. The molecule has 3 rings (SSSR count). The average molecular weight is 284 g/mol. The van der Waals surface area contributed by atoms with Gasteiger partial charge in [-0.2, -0.15) is 0 Å². The van der Waals surface area contributed by atoms with Crippen LogP contribution in [-0.2, 0) is 11.2 Å². The van der Waals surface area contributed by atoms with Gasteiger partial charge in [-0.3, -0.25) is 4.79 Å². The van der Waals surface area contributed by atoms with Gasteiger partial charge in [0.25, 0.3) is 0 Å². The second-order valence-electron chi connectivity index (χ2n) is 5.20. The summed E-state index contributed by atoms with van der Waals surface area (Å²) in [5.74, 6) is 0.713. The Morgan fingerprint density at radius 1 is 1.29 bits per heavy atom. The second kappa shape index (κ2) is 5.16. The first-order chi connectivity index (χ1) is 10.1. The van der Waals surface area contributed by atoms with Gasteiger partial charge in [-0.05, 0) is 19.9 Å². The van der Waals surface area contributed by atoms with Gasteiger partial charge in [0, 0.05) is 22.5 Å². The molecule has 0 bridgehead atoms. The van der Waals surface area contributed by atoms with E-state index in [1.165, 1.54) is 0 Å². The van der Waals surface area contributed by atoms with Gasteiger partial charge in [-0.25, -0.2) is 9.97 Å². The van der Waals surface area contributed by atoms with Crippen LogP contribution in [0.25, 0.3) is 0 Å². The Morgan fingerprint density at radius 2 is 1.95 bits per heavy atom. The number of para-hydroxylation sites is 1. The largest absolute Gasteiger partial charge is 0.492 e. The fourth-order valence-corrected chi connectivity index (χ4v) is 2.70. The molecule has 0 saturated heterocycles. The zero-order chi connectivity index (χ0) is 15.0. The molecule has 1 aromatic carbocycles. The molecule has 108 valence electrons. The number of carbonyl (C=O) groups is 1. The van der Waals surface area contributed by atoms with Crippen LogP contribution in [0.4, 0.5) is 0 Å². The van der Waals surface area contributed by atoms with Crippen molar-refractivity contribution in [1.29, 1.82) is 0 Å². The molecule has 0 amide bonds. The van der Waals surface area contributed by atoms with Crippen LogP contribution in [-0.4, -0.2) is 27.7 Å². The first-order valence-electron chi connectivity index (χ1n) is 6.84. The summed E-state index contributed by atoms with van der Waals surface area (Å²) in [6, 6.07) is 7.87. The number of aliphatic carboxylic acids is 1. The first kappa shape index (κ1) is 13.5. The highest BCUT2D eigenvalue weighted by molar-refractivity contribution is 5.70. The van der Waals surface area contributed by atoms with Crippen molar-refractivity contribution < 1.29 is 14.6 Å². The Bertz CT molecular complexity index is 689. The summed E-state index contributed by atoms with van der Waals surface area (Å²) >= 11 is 0. The Kier molecular flexibility index (Phi) is 3.33. The van der Waals surface area contributed by atoms with Crippen LogP contribution in [0.1, 0.15) is 34.3 Å². The molecule has 1 aromatic heterocycles. The van der Waals surface area contributed by atoms with Crippen molar-refractivity contribution in [2.24, 2.45) is 0 Å². The molecule has 2 heterocycles. The van der Waals surface area contributed by atoms with Gasteiger partial charge >= 0.3 is 5.97 Å². The van der Waals surface area contributed by atoms with E-state index in [0.29, 0.717) is 18.0 Å². The summed E-state index contributed by atoms with van der Waals surface area (Å²) in [7, 11) is 0. The van der Waals surface area contributed by atoms with Crippen molar-refractivity contribution in [2.75, 3.05) is 6.61 Å². The number of hydrogen-bond donors (Lipinski definition) is 1. The number of carboxylic acids is 1. The third-order valence-electron chi connectivity index (χ3n) is 3.78. The molecule has 0 fully saturated rings. The number of benzene rings is 1. The maximum atomic E-state index is 10.9. The van der Waals surface area contributed by atoms with Crippen molar-refractivity contribution in [1.82, 2.24) is 9.97 Å². The van der Waals surface area contributed by atoms with Crippen LogP contribution in [0.3, 0.4) is 0 Å². The van der Waals surface area contributed by atoms with Crippen LogP contribution in [0.2, 0.25) is 0 Å². The van der Waals surface area contributed by atoms with E-state index in [2.05, 4.69) is 9.97 Å². The van der Waals surface area contributed by atoms with Crippen molar-refractivity contribution >= 4 is 5.97 Å². The fourth-order valence-electron chi connectivity index (χ4n) is 2.70. The zero-order valence-corrected chi connectivity index (χ0v) is 12.0. The number of carboxylic acid groups (broad SMARTS) is 1. The summed E-state index contributed by atoms with van der Waals surface area (Å²) in [6.07, 6.45) is -0.0459.